The van der Waals surface area contributed by atoms with Crippen LogP contribution in [0.15, 0.2) is 30.4 Å². The summed E-state index contributed by atoms with van der Waals surface area (Å²) in [6, 6.07) is 4.87. The van der Waals surface area contributed by atoms with Crippen LogP contribution in [0, 0.1) is 5.82 Å². The molecule has 0 aliphatic heterocycles. The van der Waals surface area contributed by atoms with Gasteiger partial charge in [0.15, 0.2) is 0 Å². The summed E-state index contributed by atoms with van der Waals surface area (Å²) in [5.41, 5.74) is 1.42. The van der Waals surface area contributed by atoms with Crippen LogP contribution in [0.5, 0.6) is 5.75 Å². The zero-order valence-electron chi connectivity index (χ0n) is 17.1. The normalized spacial score (nSPS) is 20.4. The van der Waals surface area contributed by atoms with E-state index in [0.29, 0.717) is 24.5 Å². The lowest BCUT2D eigenvalue weighted by Gasteiger charge is -2.29. The lowest BCUT2D eigenvalue weighted by atomic mass is 9.95. The Bertz CT molecular complexity index is 656. The Kier molecular flexibility index (Phi) is 8.93. The van der Waals surface area contributed by atoms with Crippen molar-refractivity contribution in [2.75, 3.05) is 13.2 Å². The number of nitrogens with one attached hydrogen (secondary N) is 1. The van der Waals surface area contributed by atoms with Crippen LogP contribution in [0.25, 0.3) is 0 Å². The highest BCUT2D eigenvalue weighted by atomic mass is 19.1. The van der Waals surface area contributed by atoms with Crippen molar-refractivity contribution in [1.29, 1.82) is 0 Å². The summed E-state index contributed by atoms with van der Waals surface area (Å²) in [5, 5.41) is 2.81. The lowest BCUT2D eigenvalue weighted by Crippen LogP contribution is -2.36. The van der Waals surface area contributed by atoms with E-state index < -0.39 is 0 Å². The number of benzene rings is 1. The molecule has 5 nitrogen and oxygen atoms in total. The standard InChI is InChI=1S/C22H32FNO4/c1-15(2)12-26-21-6-5-18(22(23)11-21)14-28-20-9-7-19(8-10-20)27-13-16(3)24-17(4)25/h5-6,11,16,19-20H,1,7-10,12-14H2,2-4H3,(H,24,25)/t16-,19?,20?/m0/s1. The first-order valence-corrected chi connectivity index (χ1v) is 9.89. The van der Waals surface area contributed by atoms with Gasteiger partial charge in [-0.2, -0.15) is 0 Å². The van der Waals surface area contributed by atoms with E-state index in [-0.39, 0.29) is 36.6 Å². The zero-order valence-corrected chi connectivity index (χ0v) is 17.1. The third-order valence-corrected chi connectivity index (χ3v) is 4.64. The SMILES string of the molecule is C=C(C)COc1ccc(COC2CCC(OC[C@H](C)NC(C)=O)CC2)c(F)c1. The van der Waals surface area contributed by atoms with Crippen molar-refractivity contribution >= 4 is 5.91 Å². The topological polar surface area (TPSA) is 56.8 Å². The summed E-state index contributed by atoms with van der Waals surface area (Å²) in [7, 11) is 0. The number of ether oxygens (including phenoxy) is 3. The van der Waals surface area contributed by atoms with Crippen molar-refractivity contribution in [3.8, 4) is 5.75 Å². The minimum atomic E-state index is -0.316. The summed E-state index contributed by atoms with van der Waals surface area (Å²) in [6.07, 6.45) is 3.91. The van der Waals surface area contributed by atoms with Gasteiger partial charge < -0.3 is 19.5 Å². The molecule has 0 radical (unpaired) electrons. The highest BCUT2D eigenvalue weighted by Gasteiger charge is 2.23. The molecule has 2 rings (SSSR count). The minimum Gasteiger partial charge on any atom is -0.489 e. The first-order valence-electron chi connectivity index (χ1n) is 9.89. The molecule has 1 aliphatic rings. The Morgan fingerprint density at radius 2 is 1.86 bits per heavy atom. The van der Waals surface area contributed by atoms with Crippen LogP contribution in [0.1, 0.15) is 52.0 Å². The van der Waals surface area contributed by atoms with E-state index in [9.17, 15) is 9.18 Å². The highest BCUT2D eigenvalue weighted by Crippen LogP contribution is 2.25. The molecule has 1 fully saturated rings. The largest absolute Gasteiger partial charge is 0.489 e. The Labute approximate surface area is 167 Å². The van der Waals surface area contributed by atoms with E-state index in [1.807, 2.05) is 13.8 Å². The molecular formula is C22H32FNO4. The van der Waals surface area contributed by atoms with E-state index in [4.69, 9.17) is 14.2 Å². The number of hydrogen-bond acceptors (Lipinski definition) is 4. The maximum Gasteiger partial charge on any atom is 0.217 e. The predicted molar refractivity (Wildman–Crippen MR) is 107 cm³/mol. The second-order valence-electron chi connectivity index (χ2n) is 7.64. The molecule has 0 spiro atoms. The van der Waals surface area contributed by atoms with Crippen molar-refractivity contribution in [3.63, 3.8) is 0 Å². The van der Waals surface area contributed by atoms with Crippen molar-refractivity contribution in [2.24, 2.45) is 0 Å². The second kappa shape index (κ2) is 11.2. The number of rotatable bonds is 10. The second-order valence-corrected chi connectivity index (χ2v) is 7.64. The molecule has 0 unspecified atom stereocenters. The van der Waals surface area contributed by atoms with Crippen LogP contribution in [0.4, 0.5) is 4.39 Å². The maximum atomic E-state index is 14.2. The maximum absolute atomic E-state index is 14.2. The molecule has 1 aromatic carbocycles. The quantitative estimate of drug-likeness (QED) is 0.607. The predicted octanol–water partition coefficient (Wildman–Crippen LogP) is 4.15. The van der Waals surface area contributed by atoms with Crippen LogP contribution < -0.4 is 10.1 Å². The number of carbonyl (C=O) groups is 1. The van der Waals surface area contributed by atoms with Crippen LogP contribution in [0.2, 0.25) is 0 Å². The molecule has 1 aliphatic carbocycles. The number of hydrogen-bond donors (Lipinski definition) is 1. The molecule has 0 heterocycles. The van der Waals surface area contributed by atoms with Crippen molar-refractivity contribution in [3.05, 3.63) is 41.7 Å². The van der Waals surface area contributed by atoms with E-state index >= 15 is 0 Å². The summed E-state index contributed by atoms with van der Waals surface area (Å²) in [4.78, 5) is 11.0. The fraction of sp³-hybridized carbons (Fsp3) is 0.591. The molecular weight excluding hydrogens is 361 g/mol. The summed E-state index contributed by atoms with van der Waals surface area (Å²) >= 11 is 0. The number of carbonyl (C=O) groups excluding carboxylic acids is 1. The Morgan fingerprint density at radius 3 is 2.43 bits per heavy atom. The van der Waals surface area contributed by atoms with Gasteiger partial charge in [0, 0.05) is 24.6 Å². The summed E-state index contributed by atoms with van der Waals surface area (Å²) in [5.74, 6) is 0.134. The van der Waals surface area contributed by atoms with E-state index in [0.717, 1.165) is 31.3 Å². The highest BCUT2D eigenvalue weighted by molar-refractivity contribution is 5.73. The van der Waals surface area contributed by atoms with Gasteiger partial charge in [0.2, 0.25) is 5.91 Å². The molecule has 6 heteroatoms. The Balaban J connectivity index is 1.69. The molecule has 0 saturated heterocycles. The van der Waals surface area contributed by atoms with E-state index in [2.05, 4.69) is 11.9 Å². The van der Waals surface area contributed by atoms with Gasteiger partial charge in [-0.25, -0.2) is 4.39 Å². The molecule has 28 heavy (non-hydrogen) atoms. The molecule has 1 saturated carbocycles. The van der Waals surface area contributed by atoms with Crippen molar-refractivity contribution < 1.29 is 23.4 Å². The number of amides is 1. The number of halogens is 1. The molecule has 0 bridgehead atoms. The summed E-state index contributed by atoms with van der Waals surface area (Å²) < 4.78 is 31.5. The fourth-order valence-corrected chi connectivity index (χ4v) is 3.18. The van der Waals surface area contributed by atoms with Gasteiger partial charge in [0.05, 0.1) is 25.4 Å². The minimum absolute atomic E-state index is 0.0109. The van der Waals surface area contributed by atoms with Gasteiger partial charge in [0.1, 0.15) is 18.2 Å². The third kappa shape index (κ3) is 7.98. The molecule has 1 N–H and O–H groups in total. The first-order chi connectivity index (χ1) is 13.3. The van der Waals surface area contributed by atoms with Crippen molar-refractivity contribution in [2.45, 2.75) is 71.3 Å². The average molecular weight is 393 g/mol. The summed E-state index contributed by atoms with van der Waals surface area (Å²) in [6.45, 7) is 10.2. The van der Waals surface area contributed by atoms with Gasteiger partial charge in [-0.05, 0) is 51.2 Å². The molecule has 1 amide bonds. The van der Waals surface area contributed by atoms with Gasteiger partial charge >= 0.3 is 0 Å². The van der Waals surface area contributed by atoms with Gasteiger partial charge in [0.25, 0.3) is 0 Å². The molecule has 0 aromatic heterocycles. The van der Waals surface area contributed by atoms with Crippen LogP contribution in [0.3, 0.4) is 0 Å². The Morgan fingerprint density at radius 1 is 1.21 bits per heavy atom. The van der Waals surface area contributed by atoms with Gasteiger partial charge in [-0.15, -0.1) is 0 Å². The van der Waals surface area contributed by atoms with Gasteiger partial charge in [-0.1, -0.05) is 12.6 Å². The molecule has 1 aromatic rings. The monoisotopic (exact) mass is 393 g/mol. The Hall–Kier alpha value is -1.92. The van der Waals surface area contributed by atoms with Crippen LogP contribution in [-0.4, -0.2) is 37.4 Å². The van der Waals surface area contributed by atoms with Gasteiger partial charge in [-0.3, -0.25) is 4.79 Å². The molecule has 1 atom stereocenters. The lowest BCUT2D eigenvalue weighted by molar-refractivity contribution is -0.120. The average Bonchev–Trinajstić information content (AvgIpc) is 2.64. The zero-order chi connectivity index (χ0) is 20.5. The third-order valence-electron chi connectivity index (χ3n) is 4.64. The van der Waals surface area contributed by atoms with E-state index in [1.54, 1.807) is 12.1 Å². The molecule has 156 valence electrons. The van der Waals surface area contributed by atoms with E-state index in [1.165, 1.54) is 13.0 Å². The smallest absolute Gasteiger partial charge is 0.217 e. The van der Waals surface area contributed by atoms with Crippen LogP contribution >= 0.6 is 0 Å². The fourth-order valence-electron chi connectivity index (χ4n) is 3.18. The van der Waals surface area contributed by atoms with Crippen molar-refractivity contribution in [1.82, 2.24) is 5.32 Å². The van der Waals surface area contributed by atoms with Crippen LogP contribution in [-0.2, 0) is 20.9 Å². The first kappa shape index (κ1) is 22.4.